The molecule has 0 amide bonds. The lowest BCUT2D eigenvalue weighted by atomic mass is 9.92. The van der Waals surface area contributed by atoms with Crippen LogP contribution in [0.15, 0.2) is 48.8 Å². The van der Waals surface area contributed by atoms with Crippen molar-refractivity contribution in [3.05, 3.63) is 65.1 Å². The van der Waals surface area contributed by atoms with Crippen molar-refractivity contribution in [1.82, 2.24) is 19.9 Å². The highest BCUT2D eigenvalue weighted by atomic mass is 32.1. The summed E-state index contributed by atoms with van der Waals surface area (Å²) in [7, 11) is 0. The van der Waals surface area contributed by atoms with E-state index in [1.807, 2.05) is 24.5 Å². The first-order valence-electron chi connectivity index (χ1n) is 9.52. The Morgan fingerprint density at radius 3 is 2.67 bits per heavy atom. The highest BCUT2D eigenvalue weighted by molar-refractivity contribution is 7.15. The number of anilines is 2. The molecule has 1 saturated heterocycles. The van der Waals surface area contributed by atoms with Crippen molar-refractivity contribution < 1.29 is 0 Å². The van der Waals surface area contributed by atoms with Crippen LogP contribution in [0, 0.1) is 12.8 Å². The Morgan fingerprint density at radius 1 is 1.07 bits per heavy atom. The van der Waals surface area contributed by atoms with Crippen molar-refractivity contribution in [2.24, 2.45) is 5.92 Å². The maximum atomic E-state index is 4.79. The van der Waals surface area contributed by atoms with Crippen LogP contribution >= 0.6 is 11.3 Å². The number of rotatable bonds is 6. The number of likely N-dealkylation sites (tertiary alicyclic amines) is 1. The van der Waals surface area contributed by atoms with Gasteiger partial charge in [-0.15, -0.1) is 11.3 Å². The number of pyridine rings is 2. The van der Waals surface area contributed by atoms with E-state index in [4.69, 9.17) is 4.98 Å². The molecule has 3 aromatic heterocycles. The minimum atomic E-state index is 0.704. The molecule has 1 aliphatic rings. The van der Waals surface area contributed by atoms with Crippen LogP contribution in [0.25, 0.3) is 0 Å². The second-order valence-corrected chi connectivity index (χ2v) is 8.39. The van der Waals surface area contributed by atoms with E-state index >= 15 is 0 Å². The van der Waals surface area contributed by atoms with Gasteiger partial charge in [0.25, 0.3) is 0 Å². The molecule has 140 valence electrons. The lowest BCUT2D eigenvalue weighted by Crippen LogP contribution is -2.34. The molecule has 0 spiro atoms. The molecular weight excluding hydrogens is 354 g/mol. The molecule has 0 aliphatic carbocycles. The van der Waals surface area contributed by atoms with E-state index in [0.29, 0.717) is 5.92 Å². The molecule has 5 nitrogen and oxygen atoms in total. The van der Waals surface area contributed by atoms with E-state index in [2.05, 4.69) is 51.4 Å². The molecule has 3 aromatic rings. The fraction of sp³-hybridized carbons (Fsp3) is 0.381. The number of thiazole rings is 1. The zero-order chi connectivity index (χ0) is 18.5. The lowest BCUT2D eigenvalue weighted by Gasteiger charge is -2.31. The molecule has 0 unspecified atom stereocenters. The average molecular weight is 380 g/mol. The monoisotopic (exact) mass is 379 g/mol. The summed E-state index contributed by atoms with van der Waals surface area (Å²) in [6.07, 6.45) is 7.25. The minimum Gasteiger partial charge on any atom is -0.316 e. The molecular formula is C21H25N5S. The third kappa shape index (κ3) is 5.11. The molecule has 1 aliphatic heterocycles. The maximum absolute atomic E-state index is 4.79. The van der Waals surface area contributed by atoms with Crippen LogP contribution in [0.2, 0.25) is 0 Å². The van der Waals surface area contributed by atoms with Crippen molar-refractivity contribution in [1.29, 1.82) is 0 Å². The fourth-order valence-electron chi connectivity index (χ4n) is 3.55. The highest BCUT2D eigenvalue weighted by Crippen LogP contribution is 2.24. The number of nitrogens with one attached hydrogen (secondary N) is 1. The van der Waals surface area contributed by atoms with Gasteiger partial charge >= 0.3 is 0 Å². The van der Waals surface area contributed by atoms with E-state index < -0.39 is 0 Å². The zero-order valence-electron chi connectivity index (χ0n) is 15.6. The first-order valence-corrected chi connectivity index (χ1v) is 10.3. The second kappa shape index (κ2) is 8.59. The van der Waals surface area contributed by atoms with Crippen LogP contribution in [-0.2, 0) is 13.0 Å². The third-order valence-electron chi connectivity index (χ3n) is 4.98. The zero-order valence-corrected chi connectivity index (χ0v) is 16.5. The summed E-state index contributed by atoms with van der Waals surface area (Å²) in [5, 5.41) is 4.22. The van der Waals surface area contributed by atoms with E-state index in [0.717, 1.165) is 48.4 Å². The van der Waals surface area contributed by atoms with E-state index in [1.54, 1.807) is 11.3 Å². The largest absolute Gasteiger partial charge is 0.316 e. The Balaban J connectivity index is 1.29. The summed E-state index contributed by atoms with van der Waals surface area (Å²) in [6, 6.07) is 12.4. The summed E-state index contributed by atoms with van der Waals surface area (Å²) in [5.74, 6) is 1.59. The van der Waals surface area contributed by atoms with Gasteiger partial charge in [0.15, 0.2) is 5.13 Å². The number of nitrogens with zero attached hydrogens (tertiary/aromatic N) is 4. The smallest absolute Gasteiger partial charge is 0.188 e. The number of hydrogen-bond acceptors (Lipinski definition) is 6. The predicted molar refractivity (Wildman–Crippen MR) is 110 cm³/mol. The SMILES string of the molecule is Cc1cnc(Nc2cccc(CC3CCN(Cc4ccccn4)CC3)n2)s1. The molecule has 0 saturated carbocycles. The normalized spacial score (nSPS) is 15.7. The van der Waals surface area contributed by atoms with E-state index in [-0.39, 0.29) is 0 Å². The molecule has 6 heteroatoms. The van der Waals surface area contributed by atoms with Gasteiger partial charge in [-0.25, -0.2) is 9.97 Å². The summed E-state index contributed by atoms with van der Waals surface area (Å²) in [5.41, 5.74) is 2.32. The lowest BCUT2D eigenvalue weighted by molar-refractivity contribution is 0.175. The first kappa shape index (κ1) is 18.1. The molecule has 0 aromatic carbocycles. The predicted octanol–water partition coefficient (Wildman–Crippen LogP) is 4.44. The topological polar surface area (TPSA) is 53.9 Å². The van der Waals surface area contributed by atoms with Crippen LogP contribution in [0.5, 0.6) is 0 Å². The summed E-state index contributed by atoms with van der Waals surface area (Å²) < 4.78 is 0. The van der Waals surface area contributed by atoms with Crippen LogP contribution in [-0.4, -0.2) is 32.9 Å². The molecule has 27 heavy (non-hydrogen) atoms. The Morgan fingerprint density at radius 2 is 1.93 bits per heavy atom. The van der Waals surface area contributed by atoms with Gasteiger partial charge in [0.1, 0.15) is 5.82 Å². The minimum absolute atomic E-state index is 0.704. The molecule has 4 rings (SSSR count). The van der Waals surface area contributed by atoms with Gasteiger partial charge in [0, 0.05) is 29.5 Å². The van der Waals surface area contributed by atoms with Crippen LogP contribution in [0.1, 0.15) is 29.1 Å². The third-order valence-corrected chi connectivity index (χ3v) is 5.81. The number of aryl methyl sites for hydroxylation is 1. The van der Waals surface area contributed by atoms with Gasteiger partial charge in [-0.3, -0.25) is 9.88 Å². The number of aromatic nitrogens is 3. The molecule has 1 N–H and O–H groups in total. The number of hydrogen-bond donors (Lipinski definition) is 1. The first-order chi connectivity index (χ1) is 13.2. The van der Waals surface area contributed by atoms with E-state index in [9.17, 15) is 0 Å². The fourth-order valence-corrected chi connectivity index (χ4v) is 4.22. The van der Waals surface area contributed by atoms with Crippen LogP contribution < -0.4 is 5.32 Å². The highest BCUT2D eigenvalue weighted by Gasteiger charge is 2.20. The Labute approximate surface area is 164 Å². The van der Waals surface area contributed by atoms with Gasteiger partial charge < -0.3 is 5.32 Å². The Bertz CT molecular complexity index is 856. The molecule has 4 heterocycles. The Hall–Kier alpha value is -2.31. The quantitative estimate of drug-likeness (QED) is 0.686. The van der Waals surface area contributed by atoms with Crippen LogP contribution in [0.3, 0.4) is 0 Å². The maximum Gasteiger partial charge on any atom is 0.188 e. The molecule has 0 radical (unpaired) electrons. The van der Waals surface area contributed by atoms with E-state index in [1.165, 1.54) is 17.7 Å². The van der Waals surface area contributed by atoms with Crippen LogP contribution in [0.4, 0.5) is 10.9 Å². The van der Waals surface area contributed by atoms with Crippen molar-refractivity contribution in [2.75, 3.05) is 18.4 Å². The van der Waals surface area contributed by atoms with Crippen molar-refractivity contribution >= 4 is 22.3 Å². The Kier molecular flexibility index (Phi) is 5.75. The molecule has 1 fully saturated rings. The summed E-state index contributed by atoms with van der Waals surface area (Å²) in [4.78, 5) is 17.3. The molecule has 0 bridgehead atoms. The van der Waals surface area contributed by atoms with Gasteiger partial charge in [-0.05, 0) is 69.5 Å². The summed E-state index contributed by atoms with van der Waals surface area (Å²) >= 11 is 1.65. The van der Waals surface area contributed by atoms with Gasteiger partial charge in [0.2, 0.25) is 0 Å². The summed E-state index contributed by atoms with van der Waals surface area (Å²) in [6.45, 7) is 5.29. The van der Waals surface area contributed by atoms with Crippen molar-refractivity contribution in [3.8, 4) is 0 Å². The average Bonchev–Trinajstić information content (AvgIpc) is 3.09. The van der Waals surface area contributed by atoms with Gasteiger partial charge in [-0.2, -0.15) is 0 Å². The standard InChI is InChI=1S/C21H25N5S/c1-16-14-23-21(27-16)25-20-7-4-6-18(24-20)13-17-8-11-26(12-9-17)15-19-5-2-3-10-22-19/h2-7,10,14,17H,8-9,11-13,15H2,1H3,(H,23,24,25). The van der Waals surface area contributed by atoms with Gasteiger partial charge in [0.05, 0.1) is 5.69 Å². The van der Waals surface area contributed by atoms with Crippen molar-refractivity contribution in [3.63, 3.8) is 0 Å². The molecule has 0 atom stereocenters. The second-order valence-electron chi connectivity index (χ2n) is 7.16. The van der Waals surface area contributed by atoms with Gasteiger partial charge in [-0.1, -0.05) is 12.1 Å². The van der Waals surface area contributed by atoms with Crippen molar-refractivity contribution in [2.45, 2.75) is 32.7 Å². The number of piperidine rings is 1.